The summed E-state index contributed by atoms with van der Waals surface area (Å²) in [5.41, 5.74) is 1.09. The summed E-state index contributed by atoms with van der Waals surface area (Å²) in [4.78, 5) is 4.81. The normalized spacial score (nSPS) is 23.6. The number of hydrogen-bond acceptors (Lipinski definition) is 4. The summed E-state index contributed by atoms with van der Waals surface area (Å²) < 4.78 is 5.42. The molecule has 1 aromatic rings. The molecule has 2 aliphatic heterocycles. The lowest BCUT2D eigenvalue weighted by molar-refractivity contribution is -0.0251. The van der Waals surface area contributed by atoms with Crippen LogP contribution in [-0.4, -0.2) is 54.7 Å². The summed E-state index contributed by atoms with van der Waals surface area (Å²) in [6, 6.07) is 13.2. The fourth-order valence-corrected chi connectivity index (χ4v) is 3.41. The van der Waals surface area contributed by atoms with Crippen LogP contribution in [0.1, 0.15) is 18.4 Å². The van der Waals surface area contributed by atoms with Gasteiger partial charge in [0.2, 0.25) is 0 Å². The fraction of sp³-hybridized carbons (Fsp3) is 0.588. The molecule has 1 aromatic carbocycles. The molecular weight excluding hydrogens is 262 g/mol. The van der Waals surface area contributed by atoms with Gasteiger partial charge < -0.3 is 4.74 Å². The van der Waals surface area contributed by atoms with E-state index in [9.17, 15) is 5.26 Å². The molecule has 2 fully saturated rings. The van der Waals surface area contributed by atoms with Crippen molar-refractivity contribution in [3.63, 3.8) is 0 Å². The second kappa shape index (κ2) is 6.57. The minimum atomic E-state index is -0.267. The van der Waals surface area contributed by atoms with E-state index in [-0.39, 0.29) is 5.54 Å². The van der Waals surface area contributed by atoms with Crippen LogP contribution in [0.15, 0.2) is 30.3 Å². The van der Waals surface area contributed by atoms with Crippen molar-refractivity contribution in [1.82, 2.24) is 9.80 Å². The van der Waals surface area contributed by atoms with Crippen LogP contribution in [-0.2, 0) is 11.3 Å². The number of piperidine rings is 1. The topological polar surface area (TPSA) is 39.5 Å². The van der Waals surface area contributed by atoms with Gasteiger partial charge in [-0.2, -0.15) is 5.26 Å². The number of benzene rings is 1. The molecule has 0 aromatic heterocycles. The second-order valence-electron chi connectivity index (χ2n) is 6.00. The Balaban J connectivity index is 1.59. The van der Waals surface area contributed by atoms with E-state index in [1.54, 1.807) is 0 Å². The number of ether oxygens (including phenoxy) is 1. The highest BCUT2D eigenvalue weighted by Crippen LogP contribution is 2.29. The monoisotopic (exact) mass is 285 g/mol. The molecule has 0 spiro atoms. The Bertz CT molecular complexity index is 483. The van der Waals surface area contributed by atoms with E-state index in [1.165, 1.54) is 5.56 Å². The summed E-state index contributed by atoms with van der Waals surface area (Å²) in [6.07, 6.45) is 1.88. The van der Waals surface area contributed by atoms with E-state index >= 15 is 0 Å². The summed E-state index contributed by atoms with van der Waals surface area (Å²) >= 11 is 0. The predicted octanol–water partition coefficient (Wildman–Crippen LogP) is 1.88. The zero-order chi connectivity index (χ0) is 14.5. The number of nitriles is 1. The number of hydrogen-bond donors (Lipinski definition) is 0. The van der Waals surface area contributed by atoms with Gasteiger partial charge in [-0.15, -0.1) is 0 Å². The minimum absolute atomic E-state index is 0.267. The zero-order valence-corrected chi connectivity index (χ0v) is 12.5. The van der Waals surface area contributed by atoms with E-state index in [0.29, 0.717) is 0 Å². The van der Waals surface area contributed by atoms with Crippen molar-refractivity contribution < 1.29 is 4.74 Å². The lowest BCUT2D eigenvalue weighted by atomic mass is 9.86. The van der Waals surface area contributed by atoms with Crippen LogP contribution in [0.25, 0.3) is 0 Å². The number of morpholine rings is 1. The van der Waals surface area contributed by atoms with Gasteiger partial charge in [0.1, 0.15) is 5.54 Å². The van der Waals surface area contributed by atoms with Gasteiger partial charge >= 0.3 is 0 Å². The van der Waals surface area contributed by atoms with Crippen molar-refractivity contribution in [3.05, 3.63) is 35.9 Å². The third-order valence-corrected chi connectivity index (χ3v) is 4.76. The van der Waals surface area contributed by atoms with Crippen LogP contribution in [0.5, 0.6) is 0 Å². The molecule has 4 nitrogen and oxygen atoms in total. The summed E-state index contributed by atoms with van der Waals surface area (Å²) in [5.74, 6) is 0. The van der Waals surface area contributed by atoms with Crippen LogP contribution < -0.4 is 0 Å². The average Bonchev–Trinajstić information content (AvgIpc) is 2.58. The van der Waals surface area contributed by atoms with E-state index < -0.39 is 0 Å². The van der Waals surface area contributed by atoms with Gasteiger partial charge in [0.25, 0.3) is 0 Å². The first kappa shape index (κ1) is 14.5. The molecule has 112 valence electrons. The van der Waals surface area contributed by atoms with Gasteiger partial charge in [0.15, 0.2) is 0 Å². The third-order valence-electron chi connectivity index (χ3n) is 4.76. The van der Waals surface area contributed by atoms with Crippen LogP contribution >= 0.6 is 0 Å². The Labute approximate surface area is 126 Å². The molecule has 0 atom stereocenters. The Kier molecular flexibility index (Phi) is 4.54. The molecule has 0 aliphatic carbocycles. The van der Waals surface area contributed by atoms with Crippen molar-refractivity contribution in [2.45, 2.75) is 24.9 Å². The Morgan fingerprint density at radius 2 is 1.71 bits per heavy atom. The van der Waals surface area contributed by atoms with Crippen molar-refractivity contribution in [3.8, 4) is 6.07 Å². The first-order valence-corrected chi connectivity index (χ1v) is 7.83. The molecule has 0 unspecified atom stereocenters. The lowest BCUT2D eigenvalue weighted by Crippen LogP contribution is -2.57. The molecule has 4 heteroatoms. The van der Waals surface area contributed by atoms with Crippen molar-refractivity contribution in [1.29, 1.82) is 5.26 Å². The predicted molar refractivity (Wildman–Crippen MR) is 81.7 cm³/mol. The maximum atomic E-state index is 9.72. The minimum Gasteiger partial charge on any atom is -0.379 e. The fourth-order valence-electron chi connectivity index (χ4n) is 3.41. The molecule has 0 saturated carbocycles. The van der Waals surface area contributed by atoms with Gasteiger partial charge in [-0.05, 0) is 18.4 Å². The third kappa shape index (κ3) is 3.26. The first-order valence-electron chi connectivity index (χ1n) is 7.83. The average molecular weight is 285 g/mol. The van der Waals surface area contributed by atoms with Crippen molar-refractivity contribution in [2.24, 2.45) is 0 Å². The molecule has 2 aliphatic rings. The summed E-state index contributed by atoms with van der Waals surface area (Å²) in [7, 11) is 0. The molecule has 21 heavy (non-hydrogen) atoms. The molecule has 0 N–H and O–H groups in total. The van der Waals surface area contributed by atoms with Crippen LogP contribution in [0.4, 0.5) is 0 Å². The maximum Gasteiger partial charge on any atom is 0.111 e. The first-order chi connectivity index (χ1) is 10.3. The number of nitrogens with zero attached hydrogens (tertiary/aromatic N) is 3. The SMILES string of the molecule is N#CC1(N2CCOCC2)CCN(Cc2ccccc2)CC1. The highest BCUT2D eigenvalue weighted by molar-refractivity contribution is 5.16. The molecule has 0 amide bonds. The lowest BCUT2D eigenvalue weighted by Gasteiger charge is -2.45. The number of rotatable bonds is 3. The molecule has 0 bridgehead atoms. The summed E-state index contributed by atoms with van der Waals surface area (Å²) in [5, 5.41) is 9.72. The van der Waals surface area contributed by atoms with E-state index in [0.717, 1.165) is 58.8 Å². The molecule has 3 rings (SSSR count). The van der Waals surface area contributed by atoms with E-state index in [2.05, 4.69) is 46.2 Å². The molecule has 0 radical (unpaired) electrons. The standard InChI is InChI=1S/C17H23N3O/c18-15-17(20-10-12-21-13-11-20)6-8-19(9-7-17)14-16-4-2-1-3-5-16/h1-5H,6-14H2. The van der Waals surface area contributed by atoms with Gasteiger partial charge in [0, 0.05) is 32.7 Å². The van der Waals surface area contributed by atoms with Gasteiger partial charge in [-0.25, -0.2) is 0 Å². The van der Waals surface area contributed by atoms with Gasteiger partial charge in [-0.1, -0.05) is 30.3 Å². The van der Waals surface area contributed by atoms with Crippen molar-refractivity contribution in [2.75, 3.05) is 39.4 Å². The van der Waals surface area contributed by atoms with Crippen LogP contribution in [0.2, 0.25) is 0 Å². The Morgan fingerprint density at radius 3 is 2.33 bits per heavy atom. The highest BCUT2D eigenvalue weighted by atomic mass is 16.5. The molecular formula is C17H23N3O. The quantitative estimate of drug-likeness (QED) is 0.850. The summed E-state index contributed by atoms with van der Waals surface area (Å²) in [6.45, 7) is 6.30. The van der Waals surface area contributed by atoms with Crippen LogP contribution in [0, 0.1) is 11.3 Å². The largest absolute Gasteiger partial charge is 0.379 e. The highest BCUT2D eigenvalue weighted by Gasteiger charge is 2.40. The van der Waals surface area contributed by atoms with E-state index in [4.69, 9.17) is 4.74 Å². The molecule has 2 heterocycles. The zero-order valence-electron chi connectivity index (χ0n) is 12.5. The van der Waals surface area contributed by atoms with Crippen molar-refractivity contribution >= 4 is 0 Å². The van der Waals surface area contributed by atoms with Gasteiger partial charge in [0.05, 0.1) is 19.3 Å². The maximum absolute atomic E-state index is 9.72. The Morgan fingerprint density at radius 1 is 1.05 bits per heavy atom. The number of likely N-dealkylation sites (tertiary alicyclic amines) is 1. The Hall–Kier alpha value is -1.41. The van der Waals surface area contributed by atoms with E-state index in [1.807, 2.05) is 0 Å². The van der Waals surface area contributed by atoms with Crippen LogP contribution in [0.3, 0.4) is 0 Å². The molecule has 2 saturated heterocycles. The smallest absolute Gasteiger partial charge is 0.111 e. The van der Waals surface area contributed by atoms with Gasteiger partial charge in [-0.3, -0.25) is 9.80 Å². The second-order valence-corrected chi connectivity index (χ2v) is 6.00.